The number of hydrogen-bond donors (Lipinski definition) is 1. The van der Waals surface area contributed by atoms with Gasteiger partial charge in [0.1, 0.15) is 0 Å². The number of thioether (sulfide) groups is 1. The van der Waals surface area contributed by atoms with E-state index in [-0.39, 0.29) is 5.75 Å². The van der Waals surface area contributed by atoms with Crippen molar-refractivity contribution in [1.29, 1.82) is 0 Å². The molecule has 0 radical (unpaired) electrons. The van der Waals surface area contributed by atoms with E-state index < -0.39 is 9.84 Å². The first-order valence-corrected chi connectivity index (χ1v) is 7.71. The van der Waals surface area contributed by atoms with Gasteiger partial charge in [-0.05, 0) is 18.6 Å². The van der Waals surface area contributed by atoms with Gasteiger partial charge in [-0.1, -0.05) is 23.9 Å². The molecule has 88 valence electrons. The van der Waals surface area contributed by atoms with Gasteiger partial charge in [-0.2, -0.15) is 0 Å². The van der Waals surface area contributed by atoms with Crippen LogP contribution in [0.3, 0.4) is 0 Å². The van der Waals surface area contributed by atoms with E-state index in [0.29, 0.717) is 6.42 Å². The van der Waals surface area contributed by atoms with E-state index in [1.807, 2.05) is 24.3 Å². The van der Waals surface area contributed by atoms with Crippen LogP contribution in [0.25, 0.3) is 11.0 Å². The highest BCUT2D eigenvalue weighted by atomic mass is 32.2. The Kier molecular flexibility index (Phi) is 2.48. The van der Waals surface area contributed by atoms with Gasteiger partial charge in [0.05, 0.1) is 16.8 Å². The average molecular weight is 266 g/mol. The number of rotatable bonds is 2. The fourth-order valence-electron chi connectivity index (χ4n) is 1.74. The molecule has 2 heterocycles. The van der Waals surface area contributed by atoms with Gasteiger partial charge in [-0.3, -0.25) is 0 Å². The summed E-state index contributed by atoms with van der Waals surface area (Å²) in [6, 6.07) is 7.74. The molecular formula is C11H10N2O2S2. The first kappa shape index (κ1) is 10.9. The number of hydrogen-bond acceptors (Lipinski definition) is 4. The van der Waals surface area contributed by atoms with Crippen LogP contribution in [0.5, 0.6) is 0 Å². The Hall–Kier alpha value is -1.27. The van der Waals surface area contributed by atoms with Crippen LogP contribution in [0.1, 0.15) is 6.42 Å². The zero-order valence-corrected chi connectivity index (χ0v) is 10.5. The van der Waals surface area contributed by atoms with Gasteiger partial charge in [0, 0.05) is 10.3 Å². The Morgan fingerprint density at radius 2 is 2.12 bits per heavy atom. The van der Waals surface area contributed by atoms with Crippen LogP contribution >= 0.6 is 11.8 Å². The predicted molar refractivity (Wildman–Crippen MR) is 68.4 cm³/mol. The highest BCUT2D eigenvalue weighted by Crippen LogP contribution is 2.32. The molecule has 1 aliphatic heterocycles. The molecule has 1 aliphatic rings. The molecule has 17 heavy (non-hydrogen) atoms. The van der Waals surface area contributed by atoms with E-state index in [4.69, 9.17) is 0 Å². The molecule has 0 bridgehead atoms. The topological polar surface area (TPSA) is 62.8 Å². The first-order chi connectivity index (χ1) is 8.12. The summed E-state index contributed by atoms with van der Waals surface area (Å²) in [4.78, 5) is 8.41. The fraction of sp³-hybridized carbons (Fsp3) is 0.182. The zero-order valence-electron chi connectivity index (χ0n) is 8.88. The molecule has 0 spiro atoms. The lowest BCUT2D eigenvalue weighted by Crippen LogP contribution is -1.92. The molecule has 1 aromatic heterocycles. The van der Waals surface area contributed by atoms with Crippen molar-refractivity contribution < 1.29 is 8.42 Å². The summed E-state index contributed by atoms with van der Waals surface area (Å²) in [6.07, 6.45) is 0.587. The lowest BCUT2D eigenvalue weighted by Gasteiger charge is -1.94. The monoisotopic (exact) mass is 266 g/mol. The maximum absolute atomic E-state index is 11.3. The van der Waals surface area contributed by atoms with Crippen molar-refractivity contribution in [2.75, 3.05) is 5.75 Å². The van der Waals surface area contributed by atoms with Crippen molar-refractivity contribution in [2.45, 2.75) is 11.6 Å². The SMILES string of the molecule is O=S1(=O)C=C(Sc2nc3ccccc3[nH]2)CC1. The van der Waals surface area contributed by atoms with Crippen LogP contribution in [-0.4, -0.2) is 24.1 Å². The van der Waals surface area contributed by atoms with Gasteiger partial charge in [0.15, 0.2) is 15.0 Å². The standard InChI is InChI=1S/C11H10N2O2S2/c14-17(15)6-5-8(7-17)16-11-12-9-3-1-2-4-10(9)13-11/h1-4,7H,5-6H2,(H,12,13). The third kappa shape index (κ3) is 2.23. The Labute approximate surface area is 103 Å². The van der Waals surface area contributed by atoms with Crippen LogP contribution in [0.2, 0.25) is 0 Å². The second kappa shape index (κ2) is 3.89. The molecule has 2 aromatic rings. The maximum Gasteiger partial charge on any atom is 0.172 e. The van der Waals surface area contributed by atoms with Gasteiger partial charge in [0.2, 0.25) is 0 Å². The number of nitrogens with one attached hydrogen (secondary N) is 1. The van der Waals surface area contributed by atoms with Crippen molar-refractivity contribution in [1.82, 2.24) is 9.97 Å². The van der Waals surface area contributed by atoms with Crippen molar-refractivity contribution in [3.05, 3.63) is 34.6 Å². The summed E-state index contributed by atoms with van der Waals surface area (Å²) < 4.78 is 22.6. The molecule has 0 saturated carbocycles. The van der Waals surface area contributed by atoms with Crippen LogP contribution in [0.15, 0.2) is 39.7 Å². The Balaban J connectivity index is 1.91. The molecule has 0 aliphatic carbocycles. The third-order valence-electron chi connectivity index (χ3n) is 2.54. The Bertz CT molecular complexity index is 668. The normalized spacial score (nSPS) is 18.5. The van der Waals surface area contributed by atoms with Crippen molar-refractivity contribution in [2.24, 2.45) is 0 Å². The summed E-state index contributed by atoms with van der Waals surface area (Å²) in [5.41, 5.74) is 1.87. The van der Waals surface area contributed by atoms with Crippen molar-refractivity contribution >= 4 is 32.6 Å². The van der Waals surface area contributed by atoms with Gasteiger partial charge >= 0.3 is 0 Å². The second-order valence-corrected chi connectivity index (χ2v) is 6.95. The number of aromatic amines is 1. The molecule has 3 rings (SSSR count). The minimum Gasteiger partial charge on any atom is -0.333 e. The van der Waals surface area contributed by atoms with Crippen molar-refractivity contribution in [3.63, 3.8) is 0 Å². The van der Waals surface area contributed by atoms with E-state index in [0.717, 1.165) is 21.1 Å². The predicted octanol–water partition coefficient (Wildman–Crippen LogP) is 2.31. The summed E-state index contributed by atoms with van der Waals surface area (Å²) >= 11 is 1.39. The number of fused-ring (bicyclic) bond motifs is 1. The van der Waals surface area contributed by atoms with Crippen molar-refractivity contribution in [3.8, 4) is 0 Å². The maximum atomic E-state index is 11.3. The smallest absolute Gasteiger partial charge is 0.172 e. The number of imidazole rings is 1. The van der Waals surface area contributed by atoms with Gasteiger partial charge in [-0.15, -0.1) is 0 Å². The number of sulfone groups is 1. The van der Waals surface area contributed by atoms with Crippen LogP contribution in [0, 0.1) is 0 Å². The molecule has 4 nitrogen and oxygen atoms in total. The second-order valence-electron chi connectivity index (χ2n) is 3.86. The summed E-state index contributed by atoms with van der Waals surface area (Å²) in [6.45, 7) is 0. The largest absolute Gasteiger partial charge is 0.333 e. The highest BCUT2D eigenvalue weighted by Gasteiger charge is 2.19. The van der Waals surface area contributed by atoms with Crippen LogP contribution < -0.4 is 0 Å². The van der Waals surface area contributed by atoms with E-state index in [1.54, 1.807) is 0 Å². The summed E-state index contributed by atoms with van der Waals surface area (Å²) in [5, 5.41) is 2.10. The van der Waals surface area contributed by atoms with Gasteiger partial charge in [-0.25, -0.2) is 13.4 Å². The number of nitrogens with zero attached hydrogens (tertiary/aromatic N) is 1. The minimum absolute atomic E-state index is 0.218. The third-order valence-corrected chi connectivity index (χ3v) is 5.08. The number of aromatic nitrogens is 2. The van der Waals surface area contributed by atoms with Crippen LogP contribution in [-0.2, 0) is 9.84 Å². The molecule has 0 unspecified atom stereocenters. The molecular weight excluding hydrogens is 256 g/mol. The molecule has 1 aromatic carbocycles. The quantitative estimate of drug-likeness (QED) is 0.906. The van der Waals surface area contributed by atoms with Gasteiger partial charge < -0.3 is 4.98 Å². The zero-order chi connectivity index (χ0) is 11.9. The summed E-state index contributed by atoms with van der Waals surface area (Å²) in [7, 11) is -2.97. The minimum atomic E-state index is -2.97. The Morgan fingerprint density at radius 3 is 2.82 bits per heavy atom. The number of allylic oxidation sites excluding steroid dienone is 1. The summed E-state index contributed by atoms with van der Waals surface area (Å²) in [5.74, 6) is 0.218. The van der Waals surface area contributed by atoms with Crippen LogP contribution in [0.4, 0.5) is 0 Å². The Morgan fingerprint density at radius 1 is 1.29 bits per heavy atom. The fourth-order valence-corrected chi connectivity index (χ4v) is 4.40. The number of para-hydroxylation sites is 2. The number of H-pyrrole nitrogens is 1. The lowest BCUT2D eigenvalue weighted by atomic mass is 10.3. The average Bonchev–Trinajstić information content (AvgIpc) is 2.81. The number of benzene rings is 1. The lowest BCUT2D eigenvalue weighted by molar-refractivity contribution is 0.606. The first-order valence-electron chi connectivity index (χ1n) is 5.18. The van der Waals surface area contributed by atoms with E-state index in [1.165, 1.54) is 17.2 Å². The van der Waals surface area contributed by atoms with E-state index >= 15 is 0 Å². The highest BCUT2D eigenvalue weighted by molar-refractivity contribution is 8.04. The van der Waals surface area contributed by atoms with Gasteiger partial charge in [0.25, 0.3) is 0 Å². The molecule has 1 N–H and O–H groups in total. The van der Waals surface area contributed by atoms with E-state index in [2.05, 4.69) is 9.97 Å². The molecule has 0 fully saturated rings. The molecule has 6 heteroatoms. The molecule has 0 atom stereocenters. The van der Waals surface area contributed by atoms with E-state index in [9.17, 15) is 8.42 Å². The molecule has 0 saturated heterocycles. The molecule has 0 amide bonds.